The Bertz CT molecular complexity index is 1760. The van der Waals surface area contributed by atoms with Crippen LogP contribution in [0.1, 0.15) is 28.3 Å². The molecule has 3 aromatic carbocycles. The number of fused-ring (bicyclic) bond motifs is 4. The van der Waals surface area contributed by atoms with E-state index in [1.165, 1.54) is 0 Å². The van der Waals surface area contributed by atoms with E-state index in [0.29, 0.717) is 23.2 Å². The number of aryl methyl sites for hydroxylation is 1. The number of rotatable bonds is 4. The Morgan fingerprint density at radius 3 is 2.35 bits per heavy atom. The number of aromatic nitrogens is 6. The number of benzene rings is 3. The van der Waals surface area contributed by atoms with Gasteiger partial charge in [-0.15, -0.1) is 5.10 Å². The molecule has 1 aliphatic rings. The van der Waals surface area contributed by atoms with E-state index in [1.807, 2.05) is 90.5 Å². The summed E-state index contributed by atoms with van der Waals surface area (Å²) in [7, 11) is 1.68. The quantitative estimate of drug-likeness (QED) is 0.323. The summed E-state index contributed by atoms with van der Waals surface area (Å²) >= 11 is 0. The minimum Gasteiger partial charge on any atom is -0.496 e. The number of hydrogen-bond acceptors (Lipinski definition) is 6. The maximum Gasteiger partial charge on any atom is 0.230 e. The molecule has 0 aliphatic carbocycles. The highest BCUT2D eigenvalue weighted by Gasteiger charge is 2.39. The third kappa shape index (κ3) is 3.30. The Hall–Kier alpha value is -4.98. The Balaban J connectivity index is 1.52. The maximum atomic E-state index is 6.50. The first-order chi connectivity index (χ1) is 18.2. The van der Waals surface area contributed by atoms with Crippen molar-refractivity contribution < 1.29 is 9.47 Å². The molecule has 0 radical (unpaired) electrons. The molecule has 7 rings (SSSR count). The van der Waals surface area contributed by atoms with Gasteiger partial charge in [0.05, 0.1) is 35.5 Å². The molecule has 3 aromatic heterocycles. The number of para-hydroxylation sites is 2. The van der Waals surface area contributed by atoms with Gasteiger partial charge in [-0.05, 0) is 25.1 Å². The molecule has 1 atom stereocenters. The molecular weight excluding hydrogens is 464 g/mol. The molecule has 8 heteroatoms. The van der Waals surface area contributed by atoms with Crippen molar-refractivity contribution >= 4 is 5.65 Å². The van der Waals surface area contributed by atoms with E-state index < -0.39 is 0 Å². The van der Waals surface area contributed by atoms with Crippen LogP contribution in [0.3, 0.4) is 0 Å². The van der Waals surface area contributed by atoms with Crippen molar-refractivity contribution in [1.29, 1.82) is 0 Å². The zero-order valence-electron chi connectivity index (χ0n) is 20.2. The summed E-state index contributed by atoms with van der Waals surface area (Å²) in [5, 5.41) is 9.62. The van der Waals surface area contributed by atoms with Crippen molar-refractivity contribution in [2.75, 3.05) is 7.11 Å². The van der Waals surface area contributed by atoms with Crippen molar-refractivity contribution in [1.82, 2.24) is 29.4 Å². The van der Waals surface area contributed by atoms with E-state index in [4.69, 9.17) is 24.7 Å². The van der Waals surface area contributed by atoms with E-state index >= 15 is 0 Å². The summed E-state index contributed by atoms with van der Waals surface area (Å²) in [4.78, 5) is 9.64. The van der Waals surface area contributed by atoms with Gasteiger partial charge in [-0.25, -0.2) is 19.2 Å². The number of ether oxygens (including phenoxy) is 2. The van der Waals surface area contributed by atoms with Crippen LogP contribution in [-0.2, 0) is 0 Å². The van der Waals surface area contributed by atoms with Gasteiger partial charge in [-0.2, -0.15) is 5.10 Å². The van der Waals surface area contributed by atoms with Crippen LogP contribution in [0.25, 0.3) is 22.7 Å². The molecule has 0 bridgehead atoms. The lowest BCUT2D eigenvalue weighted by Crippen LogP contribution is -2.16. The highest BCUT2D eigenvalue weighted by Crippen LogP contribution is 2.51. The SMILES string of the molecule is COc1ccccc1C1c2c(C)nn(-c3ccccc3)c2Oc2ncn3nc(-c4ccccc4)nc3c21. The molecule has 0 spiro atoms. The molecule has 1 unspecified atom stereocenters. The third-order valence-corrected chi connectivity index (χ3v) is 6.70. The van der Waals surface area contributed by atoms with Gasteiger partial charge in [0, 0.05) is 11.1 Å². The Morgan fingerprint density at radius 2 is 1.57 bits per heavy atom. The van der Waals surface area contributed by atoms with E-state index in [2.05, 4.69) is 11.1 Å². The molecule has 1 aliphatic heterocycles. The lowest BCUT2D eigenvalue weighted by atomic mass is 9.84. The predicted octanol–water partition coefficient (Wildman–Crippen LogP) is 5.58. The van der Waals surface area contributed by atoms with Crippen LogP contribution in [0.4, 0.5) is 0 Å². The fourth-order valence-corrected chi connectivity index (χ4v) is 5.05. The van der Waals surface area contributed by atoms with Crippen LogP contribution in [-0.4, -0.2) is 36.5 Å². The van der Waals surface area contributed by atoms with Gasteiger partial charge in [-0.1, -0.05) is 66.7 Å². The first-order valence-electron chi connectivity index (χ1n) is 12.0. The highest BCUT2D eigenvalue weighted by molar-refractivity contribution is 5.69. The van der Waals surface area contributed by atoms with E-state index in [1.54, 1.807) is 18.0 Å². The molecule has 0 fully saturated rings. The lowest BCUT2D eigenvalue weighted by Gasteiger charge is -2.27. The van der Waals surface area contributed by atoms with Gasteiger partial charge in [0.15, 0.2) is 11.5 Å². The standard InChI is InChI=1S/C29H22N6O2/c1-18-23-24(21-15-9-10-16-22(21)36-2)25-27-31-26(19-11-5-3-6-12-19)33-34(27)17-30-28(25)37-29(23)35(32-18)20-13-7-4-8-14-20/h3-17,24H,1-2H3. The topological polar surface area (TPSA) is 79.4 Å². The summed E-state index contributed by atoms with van der Waals surface area (Å²) in [6.07, 6.45) is 1.65. The first kappa shape index (κ1) is 21.3. The molecule has 0 N–H and O–H groups in total. The Labute approximate surface area is 212 Å². The smallest absolute Gasteiger partial charge is 0.230 e. The van der Waals surface area contributed by atoms with Crippen LogP contribution in [0.15, 0.2) is 91.3 Å². The summed E-state index contributed by atoms with van der Waals surface area (Å²) in [6, 6.07) is 27.9. The van der Waals surface area contributed by atoms with Crippen molar-refractivity contribution in [3.8, 4) is 34.6 Å². The van der Waals surface area contributed by atoms with Crippen LogP contribution in [0, 0.1) is 6.92 Å². The van der Waals surface area contributed by atoms with Crippen LogP contribution in [0.2, 0.25) is 0 Å². The van der Waals surface area contributed by atoms with Gasteiger partial charge in [0.2, 0.25) is 11.8 Å². The normalized spacial score (nSPS) is 14.2. The number of methoxy groups -OCH3 is 1. The van der Waals surface area contributed by atoms with Gasteiger partial charge >= 0.3 is 0 Å². The summed E-state index contributed by atoms with van der Waals surface area (Å²) in [5.41, 5.74) is 6.11. The van der Waals surface area contributed by atoms with Gasteiger partial charge in [-0.3, -0.25) is 0 Å². The monoisotopic (exact) mass is 486 g/mol. The van der Waals surface area contributed by atoms with Crippen molar-refractivity contribution in [2.24, 2.45) is 0 Å². The zero-order valence-corrected chi connectivity index (χ0v) is 20.2. The van der Waals surface area contributed by atoms with Gasteiger partial charge < -0.3 is 9.47 Å². The molecular formula is C29H22N6O2. The second-order valence-corrected chi connectivity index (χ2v) is 8.86. The molecule has 4 heterocycles. The molecule has 0 amide bonds. The lowest BCUT2D eigenvalue weighted by molar-refractivity contribution is 0.393. The van der Waals surface area contributed by atoms with Crippen LogP contribution >= 0.6 is 0 Å². The van der Waals surface area contributed by atoms with Crippen molar-refractivity contribution in [3.05, 3.63) is 114 Å². The zero-order chi connectivity index (χ0) is 24.9. The van der Waals surface area contributed by atoms with Crippen LogP contribution in [0.5, 0.6) is 17.5 Å². The maximum absolute atomic E-state index is 6.50. The first-order valence-corrected chi connectivity index (χ1v) is 12.0. The Kier molecular flexibility index (Phi) is 4.78. The van der Waals surface area contributed by atoms with Crippen molar-refractivity contribution in [3.63, 3.8) is 0 Å². The molecule has 37 heavy (non-hydrogen) atoms. The van der Waals surface area contributed by atoms with E-state index in [9.17, 15) is 0 Å². The van der Waals surface area contributed by atoms with E-state index in [0.717, 1.165) is 39.4 Å². The average Bonchev–Trinajstić information content (AvgIpc) is 3.54. The number of nitrogens with zero attached hydrogens (tertiary/aromatic N) is 6. The molecule has 180 valence electrons. The summed E-state index contributed by atoms with van der Waals surface area (Å²) in [5.74, 6) is 2.21. The van der Waals surface area contributed by atoms with Crippen molar-refractivity contribution in [2.45, 2.75) is 12.8 Å². The average molecular weight is 487 g/mol. The predicted molar refractivity (Wildman–Crippen MR) is 139 cm³/mol. The molecule has 6 aromatic rings. The van der Waals surface area contributed by atoms with Gasteiger partial charge in [0.1, 0.15) is 12.1 Å². The molecule has 0 saturated carbocycles. The van der Waals surface area contributed by atoms with Crippen LogP contribution < -0.4 is 9.47 Å². The second kappa shape index (κ2) is 8.30. The van der Waals surface area contributed by atoms with Gasteiger partial charge in [0.25, 0.3) is 0 Å². The van der Waals surface area contributed by atoms with E-state index in [-0.39, 0.29) is 5.92 Å². The second-order valence-electron chi connectivity index (χ2n) is 8.86. The number of hydrogen-bond donors (Lipinski definition) is 0. The minimum atomic E-state index is -0.281. The fraction of sp³-hybridized carbons (Fsp3) is 0.103. The largest absolute Gasteiger partial charge is 0.496 e. The highest BCUT2D eigenvalue weighted by atomic mass is 16.5. The third-order valence-electron chi connectivity index (χ3n) is 6.70. The molecule has 0 saturated heterocycles. The minimum absolute atomic E-state index is 0.281. The summed E-state index contributed by atoms with van der Waals surface area (Å²) in [6.45, 7) is 2.00. The molecule has 8 nitrogen and oxygen atoms in total. The summed E-state index contributed by atoms with van der Waals surface area (Å²) < 4.78 is 15.9. The Morgan fingerprint density at radius 1 is 0.838 bits per heavy atom. The fourth-order valence-electron chi connectivity index (χ4n) is 5.05.